The van der Waals surface area contributed by atoms with Crippen molar-refractivity contribution >= 4 is 22.7 Å². The Labute approximate surface area is 199 Å². The highest BCUT2D eigenvalue weighted by Crippen LogP contribution is 2.47. The standard InChI is InChI=1S/C27H30N2O5/c1-6-31-21-13-9-11-19-23(24-17(15-33-28-24)14-32-25(19)21)22-16(2)29(26(30)34-27(3,4)5)20-12-8-7-10-18(20)22/h7-13,17,23H,6,14-15H2,1-5H3/t17-,23+/m0/s1. The molecule has 0 saturated carbocycles. The second-order valence-corrected chi connectivity index (χ2v) is 9.69. The van der Waals surface area contributed by atoms with Gasteiger partial charge >= 0.3 is 6.09 Å². The van der Waals surface area contributed by atoms with Crippen molar-refractivity contribution < 1.29 is 23.8 Å². The van der Waals surface area contributed by atoms with Crippen LogP contribution in [0.4, 0.5) is 4.79 Å². The first kappa shape index (κ1) is 22.3. The van der Waals surface area contributed by atoms with Gasteiger partial charge in [-0.15, -0.1) is 0 Å². The van der Waals surface area contributed by atoms with Gasteiger partial charge in [0.15, 0.2) is 11.5 Å². The van der Waals surface area contributed by atoms with Crippen molar-refractivity contribution in [2.45, 2.75) is 46.1 Å². The minimum Gasteiger partial charge on any atom is -0.490 e. The second kappa shape index (κ2) is 8.38. The molecule has 0 bridgehead atoms. The van der Waals surface area contributed by atoms with E-state index in [2.05, 4.69) is 5.16 Å². The number of hydrogen-bond acceptors (Lipinski definition) is 6. The van der Waals surface area contributed by atoms with E-state index in [0.717, 1.165) is 39.2 Å². The lowest BCUT2D eigenvalue weighted by Gasteiger charge is -2.22. The van der Waals surface area contributed by atoms with E-state index >= 15 is 0 Å². The molecule has 0 unspecified atom stereocenters. The molecule has 2 atom stereocenters. The van der Waals surface area contributed by atoms with Crippen molar-refractivity contribution in [1.82, 2.24) is 4.57 Å². The van der Waals surface area contributed by atoms with Gasteiger partial charge in [0.25, 0.3) is 0 Å². The van der Waals surface area contributed by atoms with Gasteiger partial charge in [0.2, 0.25) is 0 Å². The molecule has 3 heterocycles. The first-order valence-corrected chi connectivity index (χ1v) is 11.7. The smallest absolute Gasteiger partial charge is 0.419 e. The molecule has 1 aromatic heterocycles. The number of oxime groups is 1. The lowest BCUT2D eigenvalue weighted by Crippen LogP contribution is -2.28. The number of benzene rings is 2. The van der Waals surface area contributed by atoms with Crippen molar-refractivity contribution in [3.63, 3.8) is 0 Å². The predicted octanol–water partition coefficient (Wildman–Crippen LogP) is 5.66. The predicted molar refractivity (Wildman–Crippen MR) is 130 cm³/mol. The molecule has 178 valence electrons. The highest BCUT2D eigenvalue weighted by Gasteiger charge is 2.41. The highest BCUT2D eigenvalue weighted by atomic mass is 16.6. The molecule has 2 aliphatic rings. The van der Waals surface area contributed by atoms with Gasteiger partial charge in [-0.2, -0.15) is 0 Å². The number of rotatable bonds is 3. The van der Waals surface area contributed by atoms with Crippen molar-refractivity contribution in [3.8, 4) is 11.5 Å². The first-order valence-electron chi connectivity index (χ1n) is 11.7. The summed E-state index contributed by atoms with van der Waals surface area (Å²) in [6, 6.07) is 13.9. The van der Waals surface area contributed by atoms with Crippen LogP contribution in [0.3, 0.4) is 0 Å². The van der Waals surface area contributed by atoms with Crippen molar-refractivity contribution in [2.24, 2.45) is 11.1 Å². The SMILES string of the molecule is CCOc1cccc2c1OC[C@H]1CON=C1[C@H]2c1c(C)n(C(=O)OC(C)(C)C)c2ccccc12. The van der Waals surface area contributed by atoms with Gasteiger partial charge in [-0.05, 0) is 52.3 Å². The zero-order valence-corrected chi connectivity index (χ0v) is 20.3. The van der Waals surface area contributed by atoms with E-state index in [1.165, 1.54) is 0 Å². The first-order chi connectivity index (χ1) is 16.3. The fourth-order valence-electron chi connectivity index (χ4n) is 4.91. The van der Waals surface area contributed by atoms with Gasteiger partial charge in [0.1, 0.15) is 18.8 Å². The van der Waals surface area contributed by atoms with Crippen LogP contribution in [0.25, 0.3) is 10.9 Å². The van der Waals surface area contributed by atoms with Gasteiger partial charge in [-0.3, -0.25) is 0 Å². The zero-order chi connectivity index (χ0) is 24.0. The van der Waals surface area contributed by atoms with E-state index in [-0.39, 0.29) is 11.8 Å². The summed E-state index contributed by atoms with van der Waals surface area (Å²) >= 11 is 0. The Morgan fingerprint density at radius 1 is 1.15 bits per heavy atom. The van der Waals surface area contributed by atoms with E-state index in [1.54, 1.807) is 4.57 Å². The number of fused-ring (bicyclic) bond motifs is 3. The summed E-state index contributed by atoms with van der Waals surface area (Å²) in [4.78, 5) is 18.9. The summed E-state index contributed by atoms with van der Waals surface area (Å²) in [5.41, 5.74) is 3.85. The third kappa shape index (κ3) is 3.69. The molecule has 0 spiro atoms. The maximum absolute atomic E-state index is 13.3. The molecule has 7 heteroatoms. The number of carbonyl (C=O) groups excluding carboxylic acids is 1. The molecule has 5 rings (SSSR count). The maximum Gasteiger partial charge on any atom is 0.419 e. The Hall–Kier alpha value is -3.48. The minimum atomic E-state index is -0.612. The van der Waals surface area contributed by atoms with E-state index in [4.69, 9.17) is 19.0 Å². The van der Waals surface area contributed by atoms with E-state index < -0.39 is 11.7 Å². The summed E-state index contributed by atoms with van der Waals surface area (Å²) in [6.07, 6.45) is -0.401. The molecule has 2 aromatic carbocycles. The minimum absolute atomic E-state index is 0.00918. The Balaban J connectivity index is 1.77. The monoisotopic (exact) mass is 462 g/mol. The zero-order valence-electron chi connectivity index (χ0n) is 20.3. The van der Waals surface area contributed by atoms with Crippen molar-refractivity contribution in [3.05, 3.63) is 59.3 Å². The number of hydrogen-bond donors (Lipinski definition) is 0. The molecular weight excluding hydrogens is 432 g/mol. The Bertz CT molecular complexity index is 1280. The average Bonchev–Trinajstić information content (AvgIpc) is 3.31. The number of nitrogens with zero attached hydrogens (tertiary/aromatic N) is 2. The highest BCUT2D eigenvalue weighted by molar-refractivity contribution is 6.03. The molecule has 7 nitrogen and oxygen atoms in total. The van der Waals surface area contributed by atoms with Gasteiger partial charge < -0.3 is 19.0 Å². The van der Waals surface area contributed by atoms with Gasteiger partial charge in [-0.25, -0.2) is 9.36 Å². The van der Waals surface area contributed by atoms with E-state index in [0.29, 0.717) is 25.6 Å². The Kier molecular flexibility index (Phi) is 5.50. The van der Waals surface area contributed by atoms with Crippen LogP contribution in [0, 0.1) is 12.8 Å². The third-order valence-corrected chi connectivity index (χ3v) is 6.23. The fourth-order valence-corrected chi connectivity index (χ4v) is 4.91. The van der Waals surface area contributed by atoms with Gasteiger partial charge in [0, 0.05) is 16.6 Å². The lowest BCUT2D eigenvalue weighted by atomic mass is 9.81. The maximum atomic E-state index is 13.3. The molecular formula is C27H30N2O5. The number of ether oxygens (including phenoxy) is 3. The summed E-state index contributed by atoms with van der Waals surface area (Å²) in [5.74, 6) is 1.19. The topological polar surface area (TPSA) is 71.3 Å². The van der Waals surface area contributed by atoms with Crippen LogP contribution < -0.4 is 9.47 Å². The summed E-state index contributed by atoms with van der Waals surface area (Å²) in [5, 5.41) is 5.45. The van der Waals surface area contributed by atoms with Crippen LogP contribution in [0.2, 0.25) is 0 Å². The van der Waals surface area contributed by atoms with Crippen LogP contribution in [-0.2, 0) is 9.57 Å². The number of aromatic nitrogens is 1. The quantitative estimate of drug-likeness (QED) is 0.502. The molecule has 0 saturated heterocycles. The summed E-state index contributed by atoms with van der Waals surface area (Å²) in [6.45, 7) is 11.0. The largest absolute Gasteiger partial charge is 0.490 e. The second-order valence-electron chi connectivity index (χ2n) is 9.69. The molecule has 0 fully saturated rings. The summed E-state index contributed by atoms with van der Waals surface area (Å²) in [7, 11) is 0. The van der Waals surface area contributed by atoms with E-state index in [1.807, 2.05) is 77.1 Å². The lowest BCUT2D eigenvalue weighted by molar-refractivity contribution is 0.0541. The van der Waals surface area contributed by atoms with E-state index in [9.17, 15) is 4.79 Å². The van der Waals surface area contributed by atoms with Crippen LogP contribution in [0.1, 0.15) is 50.4 Å². The molecule has 0 radical (unpaired) electrons. The molecule has 34 heavy (non-hydrogen) atoms. The Morgan fingerprint density at radius 2 is 1.94 bits per heavy atom. The van der Waals surface area contributed by atoms with Crippen LogP contribution in [0.5, 0.6) is 11.5 Å². The van der Waals surface area contributed by atoms with Crippen molar-refractivity contribution in [2.75, 3.05) is 19.8 Å². The average molecular weight is 463 g/mol. The third-order valence-electron chi connectivity index (χ3n) is 6.23. The van der Waals surface area contributed by atoms with Crippen LogP contribution in [0.15, 0.2) is 47.6 Å². The van der Waals surface area contributed by atoms with Crippen LogP contribution >= 0.6 is 0 Å². The fraction of sp³-hybridized carbons (Fsp3) is 0.407. The van der Waals surface area contributed by atoms with Gasteiger partial charge in [-0.1, -0.05) is 35.5 Å². The van der Waals surface area contributed by atoms with Gasteiger partial charge in [0.05, 0.1) is 29.7 Å². The van der Waals surface area contributed by atoms with Crippen molar-refractivity contribution in [1.29, 1.82) is 0 Å². The Morgan fingerprint density at radius 3 is 2.71 bits per heavy atom. The molecule has 0 N–H and O–H groups in total. The summed E-state index contributed by atoms with van der Waals surface area (Å²) < 4.78 is 19.6. The molecule has 3 aromatic rings. The molecule has 0 amide bonds. The normalized spacial score (nSPS) is 19.4. The van der Waals surface area contributed by atoms with Crippen LogP contribution in [-0.4, -0.2) is 41.8 Å². The molecule has 2 aliphatic heterocycles. The molecule has 0 aliphatic carbocycles. The number of carbonyl (C=O) groups is 1. The number of para-hydroxylation sites is 2.